The molecule has 2 heteroatoms. The fraction of sp³-hybridized carbons (Fsp3) is 0.533. The largest absolute Gasteiger partial charge is 0.350 e. The van der Waals surface area contributed by atoms with Crippen molar-refractivity contribution in [1.82, 2.24) is 5.32 Å². The van der Waals surface area contributed by atoms with E-state index in [0.717, 1.165) is 6.42 Å². The lowest BCUT2D eigenvalue weighted by Crippen LogP contribution is -2.23. The van der Waals surface area contributed by atoms with Crippen LogP contribution >= 0.6 is 0 Å². The third kappa shape index (κ3) is 5.03. The van der Waals surface area contributed by atoms with Crippen molar-refractivity contribution in [3.05, 3.63) is 35.4 Å². The van der Waals surface area contributed by atoms with E-state index >= 15 is 0 Å². The molecule has 0 heterocycles. The number of carbonyl (C=O) groups excluding carboxylic acids is 1. The highest BCUT2D eigenvalue weighted by Crippen LogP contribution is 2.15. The zero-order chi connectivity index (χ0) is 12.7. The highest BCUT2D eigenvalue weighted by molar-refractivity contribution is 5.73. The van der Waals surface area contributed by atoms with E-state index in [1.165, 1.54) is 30.4 Å². The Labute approximate surface area is 104 Å². The minimum absolute atomic E-state index is 0.0221. The SMILES string of the molecule is CCCCCc1cccc(C(C)NC(C)=O)c1. The molecule has 2 nitrogen and oxygen atoms in total. The highest BCUT2D eigenvalue weighted by Gasteiger charge is 2.06. The predicted octanol–water partition coefficient (Wildman–Crippen LogP) is 3.62. The second-order valence-electron chi connectivity index (χ2n) is 4.62. The van der Waals surface area contributed by atoms with Gasteiger partial charge in [0, 0.05) is 6.92 Å². The second kappa shape index (κ2) is 7.10. The van der Waals surface area contributed by atoms with Crippen LogP contribution in [-0.4, -0.2) is 5.91 Å². The Bertz CT molecular complexity index is 360. The van der Waals surface area contributed by atoms with Gasteiger partial charge in [-0.15, -0.1) is 0 Å². The van der Waals surface area contributed by atoms with Crippen LogP contribution in [0.15, 0.2) is 24.3 Å². The molecule has 0 saturated heterocycles. The second-order valence-corrected chi connectivity index (χ2v) is 4.62. The van der Waals surface area contributed by atoms with E-state index in [-0.39, 0.29) is 11.9 Å². The molecule has 1 aromatic rings. The van der Waals surface area contributed by atoms with Crippen molar-refractivity contribution >= 4 is 5.91 Å². The molecule has 0 bridgehead atoms. The molecule has 0 radical (unpaired) electrons. The van der Waals surface area contributed by atoms with E-state index in [0.29, 0.717) is 0 Å². The summed E-state index contributed by atoms with van der Waals surface area (Å²) >= 11 is 0. The summed E-state index contributed by atoms with van der Waals surface area (Å²) in [5.41, 5.74) is 2.56. The maximum Gasteiger partial charge on any atom is 0.217 e. The number of unbranched alkanes of at least 4 members (excludes halogenated alkanes) is 2. The lowest BCUT2D eigenvalue weighted by Gasteiger charge is -2.14. The predicted molar refractivity (Wildman–Crippen MR) is 71.9 cm³/mol. The van der Waals surface area contributed by atoms with Crippen molar-refractivity contribution in [2.45, 2.75) is 52.5 Å². The lowest BCUT2D eigenvalue weighted by atomic mass is 10.0. The summed E-state index contributed by atoms with van der Waals surface area (Å²) in [5, 5.41) is 2.91. The number of hydrogen-bond acceptors (Lipinski definition) is 1. The molecule has 0 spiro atoms. The number of nitrogens with one attached hydrogen (secondary N) is 1. The van der Waals surface area contributed by atoms with E-state index in [4.69, 9.17) is 0 Å². The van der Waals surface area contributed by atoms with Crippen LogP contribution in [0.2, 0.25) is 0 Å². The van der Waals surface area contributed by atoms with Crippen molar-refractivity contribution in [2.75, 3.05) is 0 Å². The molecule has 1 amide bonds. The topological polar surface area (TPSA) is 29.1 Å². The van der Waals surface area contributed by atoms with E-state index in [9.17, 15) is 4.79 Å². The number of carbonyl (C=O) groups is 1. The Hall–Kier alpha value is -1.31. The Balaban J connectivity index is 2.61. The first kappa shape index (κ1) is 13.8. The molecule has 0 fully saturated rings. The first-order valence-corrected chi connectivity index (χ1v) is 6.49. The van der Waals surface area contributed by atoms with Gasteiger partial charge in [-0.3, -0.25) is 4.79 Å². The zero-order valence-corrected chi connectivity index (χ0v) is 11.1. The van der Waals surface area contributed by atoms with Crippen LogP contribution in [-0.2, 0) is 11.2 Å². The first-order chi connectivity index (χ1) is 8.13. The van der Waals surface area contributed by atoms with E-state index in [2.05, 4.69) is 36.5 Å². The Kier molecular flexibility index (Phi) is 5.75. The molecule has 1 rings (SSSR count). The van der Waals surface area contributed by atoms with Crippen LogP contribution in [0.1, 0.15) is 57.2 Å². The van der Waals surface area contributed by atoms with Gasteiger partial charge < -0.3 is 5.32 Å². The molecule has 0 aliphatic carbocycles. The highest BCUT2D eigenvalue weighted by atomic mass is 16.1. The van der Waals surface area contributed by atoms with Crippen molar-refractivity contribution in [3.63, 3.8) is 0 Å². The fourth-order valence-corrected chi connectivity index (χ4v) is 1.99. The number of hydrogen-bond donors (Lipinski definition) is 1. The Morgan fingerprint density at radius 2 is 2.12 bits per heavy atom. The van der Waals surface area contributed by atoms with Crippen molar-refractivity contribution in [2.24, 2.45) is 0 Å². The molecule has 0 aliphatic heterocycles. The van der Waals surface area contributed by atoms with Gasteiger partial charge in [-0.05, 0) is 30.9 Å². The van der Waals surface area contributed by atoms with Crippen LogP contribution in [0.25, 0.3) is 0 Å². The number of amides is 1. The summed E-state index contributed by atoms with van der Waals surface area (Å²) in [6.07, 6.45) is 4.91. The van der Waals surface area contributed by atoms with Gasteiger partial charge in [-0.1, -0.05) is 44.0 Å². The maximum atomic E-state index is 11.0. The summed E-state index contributed by atoms with van der Waals surface area (Å²) in [6, 6.07) is 8.62. The molecule has 0 aromatic heterocycles. The van der Waals surface area contributed by atoms with Gasteiger partial charge in [0.05, 0.1) is 6.04 Å². The smallest absolute Gasteiger partial charge is 0.217 e. The van der Waals surface area contributed by atoms with Gasteiger partial charge in [-0.25, -0.2) is 0 Å². The maximum absolute atomic E-state index is 11.0. The molecule has 94 valence electrons. The number of benzene rings is 1. The van der Waals surface area contributed by atoms with Crippen LogP contribution in [0.5, 0.6) is 0 Å². The first-order valence-electron chi connectivity index (χ1n) is 6.49. The Morgan fingerprint density at radius 1 is 1.35 bits per heavy atom. The van der Waals surface area contributed by atoms with Gasteiger partial charge >= 0.3 is 0 Å². The van der Waals surface area contributed by atoms with Gasteiger partial charge in [0.2, 0.25) is 5.91 Å². The average Bonchev–Trinajstić information content (AvgIpc) is 2.29. The third-order valence-electron chi connectivity index (χ3n) is 2.94. The summed E-state index contributed by atoms with van der Waals surface area (Å²) in [5.74, 6) is 0.0221. The molecular formula is C15H23NO. The standard InChI is InChI=1S/C15H23NO/c1-4-5-6-8-14-9-7-10-15(11-14)12(2)16-13(3)17/h7,9-12H,4-6,8H2,1-3H3,(H,16,17). The van der Waals surface area contributed by atoms with Crippen molar-refractivity contribution in [3.8, 4) is 0 Å². The molecule has 0 saturated carbocycles. The molecule has 1 unspecified atom stereocenters. The summed E-state index contributed by atoms with van der Waals surface area (Å²) in [7, 11) is 0. The molecule has 1 atom stereocenters. The minimum Gasteiger partial charge on any atom is -0.350 e. The molecule has 1 N–H and O–H groups in total. The van der Waals surface area contributed by atoms with E-state index < -0.39 is 0 Å². The average molecular weight is 233 g/mol. The van der Waals surface area contributed by atoms with Crippen LogP contribution < -0.4 is 5.32 Å². The van der Waals surface area contributed by atoms with Crippen LogP contribution in [0.4, 0.5) is 0 Å². The van der Waals surface area contributed by atoms with Gasteiger partial charge in [0.25, 0.3) is 0 Å². The quantitative estimate of drug-likeness (QED) is 0.747. The molecular weight excluding hydrogens is 210 g/mol. The monoisotopic (exact) mass is 233 g/mol. The van der Waals surface area contributed by atoms with E-state index in [1.54, 1.807) is 6.92 Å². The lowest BCUT2D eigenvalue weighted by molar-refractivity contribution is -0.119. The molecule has 0 aliphatic rings. The normalized spacial score (nSPS) is 12.2. The fourth-order valence-electron chi connectivity index (χ4n) is 1.99. The minimum atomic E-state index is 0.0221. The van der Waals surface area contributed by atoms with E-state index in [1.807, 2.05) is 6.92 Å². The van der Waals surface area contributed by atoms with Gasteiger partial charge in [-0.2, -0.15) is 0 Å². The summed E-state index contributed by atoms with van der Waals surface area (Å²) in [6.45, 7) is 5.80. The zero-order valence-electron chi connectivity index (χ0n) is 11.1. The third-order valence-corrected chi connectivity index (χ3v) is 2.94. The number of aryl methyl sites for hydroxylation is 1. The summed E-state index contributed by atoms with van der Waals surface area (Å²) in [4.78, 5) is 11.0. The Morgan fingerprint density at radius 3 is 2.76 bits per heavy atom. The van der Waals surface area contributed by atoms with Gasteiger partial charge in [0.1, 0.15) is 0 Å². The molecule has 17 heavy (non-hydrogen) atoms. The summed E-state index contributed by atoms with van der Waals surface area (Å²) < 4.78 is 0. The van der Waals surface area contributed by atoms with Crippen LogP contribution in [0, 0.1) is 0 Å². The number of rotatable bonds is 6. The van der Waals surface area contributed by atoms with Gasteiger partial charge in [0.15, 0.2) is 0 Å². The van der Waals surface area contributed by atoms with Crippen molar-refractivity contribution < 1.29 is 4.79 Å². The van der Waals surface area contributed by atoms with Crippen LogP contribution in [0.3, 0.4) is 0 Å². The van der Waals surface area contributed by atoms with Crippen molar-refractivity contribution in [1.29, 1.82) is 0 Å². The molecule has 1 aromatic carbocycles.